The van der Waals surface area contributed by atoms with E-state index in [1.807, 2.05) is 6.92 Å². The van der Waals surface area contributed by atoms with Crippen molar-refractivity contribution in [3.63, 3.8) is 0 Å². The van der Waals surface area contributed by atoms with Crippen molar-refractivity contribution in [3.05, 3.63) is 0 Å². The van der Waals surface area contributed by atoms with E-state index in [9.17, 15) is 14.7 Å². The first-order valence-electron chi connectivity index (χ1n) is 7.05. The number of thioether (sulfide) groups is 1. The topological polar surface area (TPSA) is 78.9 Å². The molecule has 0 aliphatic carbocycles. The molecule has 2 N–H and O–H groups in total. The van der Waals surface area contributed by atoms with Gasteiger partial charge in [0.05, 0.1) is 0 Å². The minimum atomic E-state index is -0.925. The van der Waals surface area contributed by atoms with Gasteiger partial charge in [-0.1, -0.05) is 0 Å². The number of urea groups is 1. The molecule has 2 fully saturated rings. The largest absolute Gasteiger partial charge is 0.480 e. The fourth-order valence-electron chi connectivity index (χ4n) is 2.66. The smallest absolute Gasteiger partial charge is 0.327 e. The van der Waals surface area contributed by atoms with Crippen molar-refractivity contribution in [2.75, 3.05) is 31.3 Å². The first kappa shape index (κ1) is 15.4. The van der Waals surface area contributed by atoms with Gasteiger partial charge in [0.2, 0.25) is 0 Å². The summed E-state index contributed by atoms with van der Waals surface area (Å²) in [6.45, 7) is 3.96. The molecule has 6 nitrogen and oxygen atoms in total. The van der Waals surface area contributed by atoms with Gasteiger partial charge in [-0.3, -0.25) is 0 Å². The van der Waals surface area contributed by atoms with Crippen molar-refractivity contribution in [1.82, 2.24) is 10.2 Å². The second-order valence-electron chi connectivity index (χ2n) is 5.31. The molecule has 2 rings (SSSR count). The van der Waals surface area contributed by atoms with Gasteiger partial charge >= 0.3 is 12.0 Å². The number of carboxylic acid groups (broad SMARTS) is 1. The number of nitrogens with one attached hydrogen (secondary N) is 1. The zero-order chi connectivity index (χ0) is 14.5. The lowest BCUT2D eigenvalue weighted by atomic mass is 9.93. The molecule has 0 aromatic rings. The van der Waals surface area contributed by atoms with Gasteiger partial charge in [-0.2, -0.15) is 11.8 Å². The van der Waals surface area contributed by atoms with Gasteiger partial charge < -0.3 is 20.1 Å². The van der Waals surface area contributed by atoms with Gasteiger partial charge in [0.15, 0.2) is 0 Å². The van der Waals surface area contributed by atoms with E-state index in [-0.39, 0.29) is 12.1 Å². The standard InChI is InChI=1S/C13H22N2O4S/c1-9(10-2-5-19-6-3-10)14-13(18)15-4-7-20-8-11(15)12(16)17/h9-11H,2-8H2,1H3,(H,14,18)(H,16,17). The molecule has 0 radical (unpaired) electrons. The lowest BCUT2D eigenvalue weighted by molar-refractivity contribution is -0.141. The molecule has 2 atom stereocenters. The Kier molecular flexibility index (Phi) is 5.54. The maximum atomic E-state index is 12.3. The van der Waals surface area contributed by atoms with Crippen LogP contribution in [0.4, 0.5) is 4.79 Å². The third-order valence-electron chi connectivity index (χ3n) is 4.00. The summed E-state index contributed by atoms with van der Waals surface area (Å²) in [5.74, 6) is 0.748. The van der Waals surface area contributed by atoms with E-state index in [1.54, 1.807) is 11.8 Å². The maximum Gasteiger partial charge on any atom is 0.327 e. The number of aliphatic carboxylic acids is 1. The fourth-order valence-corrected chi connectivity index (χ4v) is 3.70. The summed E-state index contributed by atoms with van der Waals surface area (Å²) in [6, 6.07) is -0.914. The van der Waals surface area contributed by atoms with Crippen molar-refractivity contribution in [1.29, 1.82) is 0 Å². The lowest BCUT2D eigenvalue weighted by Crippen LogP contribution is -2.56. The van der Waals surface area contributed by atoms with Gasteiger partial charge in [-0.05, 0) is 25.7 Å². The Morgan fingerprint density at radius 3 is 2.75 bits per heavy atom. The maximum absolute atomic E-state index is 12.3. The molecule has 0 aromatic heterocycles. The molecule has 114 valence electrons. The van der Waals surface area contributed by atoms with Gasteiger partial charge in [0.25, 0.3) is 0 Å². The Balaban J connectivity index is 1.90. The van der Waals surface area contributed by atoms with Crippen LogP contribution in [0.3, 0.4) is 0 Å². The predicted molar refractivity (Wildman–Crippen MR) is 77.0 cm³/mol. The monoisotopic (exact) mass is 302 g/mol. The van der Waals surface area contributed by atoms with Gasteiger partial charge in [-0.25, -0.2) is 9.59 Å². The zero-order valence-corrected chi connectivity index (χ0v) is 12.5. The number of carbonyl (C=O) groups excluding carboxylic acids is 1. The Morgan fingerprint density at radius 2 is 2.10 bits per heavy atom. The summed E-state index contributed by atoms with van der Waals surface area (Å²) >= 11 is 1.58. The predicted octanol–water partition coefficient (Wildman–Crippen LogP) is 1.01. The Bertz CT molecular complexity index is 360. The third-order valence-corrected chi connectivity index (χ3v) is 5.02. The summed E-state index contributed by atoms with van der Waals surface area (Å²) < 4.78 is 5.32. The Hall–Kier alpha value is -0.950. The van der Waals surface area contributed by atoms with Crippen LogP contribution >= 0.6 is 11.8 Å². The van der Waals surface area contributed by atoms with Crippen molar-refractivity contribution >= 4 is 23.8 Å². The van der Waals surface area contributed by atoms with E-state index in [0.717, 1.165) is 31.8 Å². The van der Waals surface area contributed by atoms with Crippen LogP contribution in [0.1, 0.15) is 19.8 Å². The van der Waals surface area contributed by atoms with Crippen LogP contribution in [0.15, 0.2) is 0 Å². The van der Waals surface area contributed by atoms with Gasteiger partial charge in [-0.15, -0.1) is 0 Å². The molecule has 2 unspecified atom stereocenters. The normalized spacial score (nSPS) is 26.1. The molecule has 0 spiro atoms. The van der Waals surface area contributed by atoms with E-state index < -0.39 is 12.0 Å². The lowest BCUT2D eigenvalue weighted by Gasteiger charge is -2.35. The van der Waals surface area contributed by atoms with Crippen molar-refractivity contribution < 1.29 is 19.4 Å². The number of amides is 2. The van der Waals surface area contributed by atoms with Crippen LogP contribution in [-0.2, 0) is 9.53 Å². The van der Waals surface area contributed by atoms with Crippen molar-refractivity contribution in [3.8, 4) is 0 Å². The van der Waals surface area contributed by atoms with E-state index >= 15 is 0 Å². The molecule has 2 aliphatic rings. The Morgan fingerprint density at radius 1 is 1.40 bits per heavy atom. The quantitative estimate of drug-likeness (QED) is 0.813. The highest BCUT2D eigenvalue weighted by Crippen LogP contribution is 2.20. The number of rotatable bonds is 3. The highest BCUT2D eigenvalue weighted by Gasteiger charge is 2.33. The summed E-state index contributed by atoms with van der Waals surface area (Å²) in [4.78, 5) is 24.9. The molecule has 2 amide bonds. The van der Waals surface area contributed by atoms with Crippen LogP contribution in [-0.4, -0.2) is 65.4 Å². The number of hydrogen-bond donors (Lipinski definition) is 2. The molecular formula is C13H22N2O4S. The first-order valence-corrected chi connectivity index (χ1v) is 8.20. The number of nitrogens with zero attached hydrogens (tertiary/aromatic N) is 1. The van der Waals surface area contributed by atoms with Crippen molar-refractivity contribution in [2.45, 2.75) is 31.8 Å². The molecule has 2 saturated heterocycles. The summed E-state index contributed by atoms with van der Waals surface area (Å²) in [5.41, 5.74) is 0. The fraction of sp³-hybridized carbons (Fsp3) is 0.846. The van der Waals surface area contributed by atoms with E-state index in [1.165, 1.54) is 4.90 Å². The van der Waals surface area contributed by atoms with E-state index in [0.29, 0.717) is 18.2 Å². The number of hydrogen-bond acceptors (Lipinski definition) is 4. The van der Waals surface area contributed by atoms with Crippen LogP contribution < -0.4 is 5.32 Å². The molecule has 2 heterocycles. The molecule has 2 aliphatic heterocycles. The summed E-state index contributed by atoms with van der Waals surface area (Å²) in [7, 11) is 0. The number of ether oxygens (including phenoxy) is 1. The van der Waals surface area contributed by atoms with Crippen molar-refractivity contribution in [2.24, 2.45) is 5.92 Å². The van der Waals surface area contributed by atoms with Crippen LogP contribution in [0.2, 0.25) is 0 Å². The number of carbonyl (C=O) groups is 2. The van der Waals surface area contributed by atoms with Crippen LogP contribution in [0.5, 0.6) is 0 Å². The summed E-state index contributed by atoms with van der Waals surface area (Å²) in [6.07, 6.45) is 1.89. The molecular weight excluding hydrogens is 280 g/mol. The molecule has 20 heavy (non-hydrogen) atoms. The minimum Gasteiger partial charge on any atom is -0.480 e. The van der Waals surface area contributed by atoms with E-state index in [4.69, 9.17) is 4.74 Å². The average Bonchev–Trinajstić information content (AvgIpc) is 2.48. The van der Waals surface area contributed by atoms with Gasteiger partial charge in [0, 0.05) is 37.3 Å². The Labute approximate surface area is 123 Å². The third kappa shape index (κ3) is 3.79. The van der Waals surface area contributed by atoms with E-state index in [2.05, 4.69) is 5.32 Å². The highest BCUT2D eigenvalue weighted by atomic mass is 32.2. The molecule has 0 aromatic carbocycles. The van der Waals surface area contributed by atoms with Gasteiger partial charge in [0.1, 0.15) is 6.04 Å². The first-order chi connectivity index (χ1) is 9.59. The zero-order valence-electron chi connectivity index (χ0n) is 11.7. The highest BCUT2D eigenvalue weighted by molar-refractivity contribution is 7.99. The second-order valence-corrected chi connectivity index (χ2v) is 6.46. The minimum absolute atomic E-state index is 0.0513. The molecule has 7 heteroatoms. The SMILES string of the molecule is CC(NC(=O)N1CCSCC1C(=O)O)C1CCOCC1. The van der Waals surface area contributed by atoms with Crippen LogP contribution in [0.25, 0.3) is 0 Å². The molecule has 0 saturated carbocycles. The van der Waals surface area contributed by atoms with Crippen LogP contribution in [0, 0.1) is 5.92 Å². The summed E-state index contributed by atoms with van der Waals surface area (Å²) in [5, 5.41) is 12.2. The molecule has 0 bridgehead atoms. The average molecular weight is 302 g/mol. The second kappa shape index (κ2) is 7.17. The number of carboxylic acids is 1.